The van der Waals surface area contributed by atoms with Gasteiger partial charge < -0.3 is 9.13 Å². The van der Waals surface area contributed by atoms with Crippen LogP contribution in [-0.4, -0.2) is 9.13 Å². The lowest BCUT2D eigenvalue weighted by Crippen LogP contribution is -1.97. The highest BCUT2D eigenvalue weighted by Crippen LogP contribution is 2.37. The molecule has 9 aromatic rings. The molecule has 0 bridgehead atoms. The molecule has 0 atom stereocenters. The summed E-state index contributed by atoms with van der Waals surface area (Å²) in [5.41, 5.74) is 14.3. The molecule has 0 aliphatic heterocycles. The topological polar surface area (TPSA) is 9.86 Å². The fourth-order valence-electron chi connectivity index (χ4n) is 7.00. The number of hydrogen-bond acceptors (Lipinski definition) is 0. The number of benzene rings is 7. The highest BCUT2D eigenvalue weighted by molar-refractivity contribution is 5.96. The molecule has 2 aromatic heterocycles. The van der Waals surface area contributed by atoms with Crippen molar-refractivity contribution in [2.75, 3.05) is 0 Å². The average Bonchev–Trinajstić information content (AvgIpc) is 3.75. The van der Waals surface area contributed by atoms with Gasteiger partial charge in [0.1, 0.15) is 0 Å². The van der Waals surface area contributed by atoms with Crippen LogP contribution in [0.4, 0.5) is 0 Å². The molecular weight excluding hydrogens is 581 g/mol. The van der Waals surface area contributed by atoms with E-state index < -0.39 is 0 Å². The fraction of sp³-hybridized carbons (Fsp3) is 0. The van der Waals surface area contributed by atoms with Crippen LogP contribution in [0.3, 0.4) is 0 Å². The molecular formula is C46H32N2. The van der Waals surface area contributed by atoms with Crippen molar-refractivity contribution < 1.29 is 0 Å². The number of para-hydroxylation sites is 1. The van der Waals surface area contributed by atoms with E-state index in [0.717, 1.165) is 11.4 Å². The Hall–Kier alpha value is -6.38. The second-order valence-corrected chi connectivity index (χ2v) is 12.3. The van der Waals surface area contributed by atoms with Gasteiger partial charge in [-0.25, -0.2) is 0 Å². The van der Waals surface area contributed by atoms with Crippen molar-refractivity contribution in [1.29, 1.82) is 0 Å². The third kappa shape index (κ3) is 4.92. The molecule has 2 heterocycles. The molecule has 0 saturated carbocycles. The van der Waals surface area contributed by atoms with Crippen LogP contribution in [0.2, 0.25) is 0 Å². The van der Waals surface area contributed by atoms with Gasteiger partial charge in [-0.3, -0.25) is 0 Å². The van der Waals surface area contributed by atoms with Crippen molar-refractivity contribution >= 4 is 21.8 Å². The van der Waals surface area contributed by atoms with Crippen LogP contribution in [0.5, 0.6) is 0 Å². The number of nitrogens with zero attached hydrogens (tertiary/aromatic N) is 2. The molecule has 0 amide bonds. The second kappa shape index (κ2) is 11.8. The Balaban J connectivity index is 1.17. The van der Waals surface area contributed by atoms with Crippen LogP contribution in [-0.2, 0) is 0 Å². The van der Waals surface area contributed by atoms with Crippen molar-refractivity contribution in [2.24, 2.45) is 0 Å². The first kappa shape index (κ1) is 27.9. The Kier molecular flexibility index (Phi) is 6.84. The highest BCUT2D eigenvalue weighted by atomic mass is 15.0. The summed E-state index contributed by atoms with van der Waals surface area (Å²) in [6.07, 6.45) is 0. The van der Waals surface area contributed by atoms with Gasteiger partial charge in [0.25, 0.3) is 0 Å². The van der Waals surface area contributed by atoms with E-state index in [1.807, 2.05) is 0 Å². The Morgan fingerprint density at radius 2 is 0.604 bits per heavy atom. The molecule has 9 rings (SSSR count). The van der Waals surface area contributed by atoms with E-state index >= 15 is 0 Å². The molecule has 0 fully saturated rings. The zero-order valence-corrected chi connectivity index (χ0v) is 26.4. The van der Waals surface area contributed by atoms with Crippen LogP contribution >= 0.6 is 0 Å². The zero-order chi connectivity index (χ0) is 31.9. The molecule has 7 aromatic carbocycles. The van der Waals surface area contributed by atoms with Gasteiger partial charge in [-0.2, -0.15) is 0 Å². The quantitative estimate of drug-likeness (QED) is 0.177. The molecule has 2 heteroatoms. The summed E-state index contributed by atoms with van der Waals surface area (Å²) in [4.78, 5) is 0. The summed E-state index contributed by atoms with van der Waals surface area (Å²) in [7, 11) is 0. The minimum Gasteiger partial charge on any atom is -0.309 e. The number of aromatic nitrogens is 2. The Bertz CT molecular complexity index is 2510. The minimum absolute atomic E-state index is 1.15. The van der Waals surface area contributed by atoms with Gasteiger partial charge in [-0.15, -0.1) is 0 Å². The molecule has 2 nitrogen and oxygen atoms in total. The van der Waals surface area contributed by atoms with E-state index in [0.29, 0.717) is 0 Å². The first-order valence-electron chi connectivity index (χ1n) is 16.4. The lowest BCUT2D eigenvalue weighted by atomic mass is 10.0. The van der Waals surface area contributed by atoms with E-state index in [-0.39, 0.29) is 0 Å². The van der Waals surface area contributed by atoms with E-state index in [9.17, 15) is 0 Å². The standard InChI is InChI=1S/C46H32N2/c1-5-13-33(14-6-1)34-21-25-42(26-22-34)48-44-28-24-38(30-40(44)32-46(48)36-17-9-3-10-18-36)37-23-27-43-39(29-37)31-45(35-15-7-2-8-16-35)47(43)41-19-11-4-12-20-41/h1-32H. The fourth-order valence-corrected chi connectivity index (χ4v) is 7.00. The van der Waals surface area contributed by atoms with Gasteiger partial charge in [-0.05, 0) is 94.0 Å². The summed E-state index contributed by atoms with van der Waals surface area (Å²) in [5.74, 6) is 0. The predicted molar refractivity (Wildman–Crippen MR) is 202 cm³/mol. The highest BCUT2D eigenvalue weighted by Gasteiger charge is 2.16. The molecule has 0 saturated heterocycles. The second-order valence-electron chi connectivity index (χ2n) is 12.3. The van der Waals surface area contributed by atoms with E-state index in [4.69, 9.17) is 0 Å². The van der Waals surface area contributed by atoms with Crippen LogP contribution in [0, 0.1) is 0 Å². The molecule has 0 radical (unpaired) electrons. The van der Waals surface area contributed by atoms with Crippen molar-refractivity contribution in [3.63, 3.8) is 0 Å². The van der Waals surface area contributed by atoms with Crippen LogP contribution < -0.4 is 0 Å². The molecule has 226 valence electrons. The summed E-state index contributed by atoms with van der Waals surface area (Å²) in [6, 6.07) is 69.9. The van der Waals surface area contributed by atoms with Crippen molar-refractivity contribution in [3.8, 4) is 56.1 Å². The molecule has 48 heavy (non-hydrogen) atoms. The van der Waals surface area contributed by atoms with Gasteiger partial charge >= 0.3 is 0 Å². The van der Waals surface area contributed by atoms with Gasteiger partial charge in [-0.1, -0.05) is 133 Å². The smallest absolute Gasteiger partial charge is 0.0540 e. The maximum atomic E-state index is 2.39. The van der Waals surface area contributed by atoms with Crippen molar-refractivity contribution in [2.45, 2.75) is 0 Å². The Morgan fingerprint density at radius 3 is 1.06 bits per heavy atom. The largest absolute Gasteiger partial charge is 0.309 e. The van der Waals surface area contributed by atoms with E-state index in [1.165, 1.54) is 66.6 Å². The molecule has 0 aliphatic carbocycles. The van der Waals surface area contributed by atoms with Gasteiger partial charge in [0.05, 0.1) is 22.4 Å². The van der Waals surface area contributed by atoms with Gasteiger partial charge in [0.2, 0.25) is 0 Å². The van der Waals surface area contributed by atoms with Crippen LogP contribution in [0.1, 0.15) is 0 Å². The summed E-state index contributed by atoms with van der Waals surface area (Å²) in [5, 5.41) is 2.43. The Morgan fingerprint density at radius 1 is 0.250 bits per heavy atom. The number of rotatable bonds is 6. The van der Waals surface area contributed by atoms with Gasteiger partial charge in [0.15, 0.2) is 0 Å². The summed E-state index contributed by atoms with van der Waals surface area (Å²) < 4.78 is 4.76. The number of hydrogen-bond donors (Lipinski definition) is 0. The molecule has 0 aliphatic rings. The zero-order valence-electron chi connectivity index (χ0n) is 26.4. The van der Waals surface area contributed by atoms with Crippen LogP contribution in [0.15, 0.2) is 194 Å². The molecule has 0 unspecified atom stereocenters. The maximum Gasteiger partial charge on any atom is 0.0540 e. The lowest BCUT2D eigenvalue weighted by Gasteiger charge is -2.13. The van der Waals surface area contributed by atoms with E-state index in [2.05, 4.69) is 203 Å². The molecule has 0 spiro atoms. The van der Waals surface area contributed by atoms with Crippen molar-refractivity contribution in [3.05, 3.63) is 194 Å². The SMILES string of the molecule is c1ccc(-c2ccc(-n3c(-c4ccccc4)cc4cc(-c5ccc6c(c5)cc(-c5ccccc5)n6-c5ccccc5)ccc43)cc2)cc1. The predicted octanol–water partition coefficient (Wildman–Crippen LogP) is 12.2. The van der Waals surface area contributed by atoms with Crippen LogP contribution in [0.25, 0.3) is 77.9 Å². The normalized spacial score (nSPS) is 11.3. The maximum absolute atomic E-state index is 2.39. The Labute approximate surface area is 280 Å². The number of fused-ring (bicyclic) bond motifs is 2. The monoisotopic (exact) mass is 612 g/mol. The molecule has 0 N–H and O–H groups in total. The summed E-state index contributed by atoms with van der Waals surface area (Å²) in [6.45, 7) is 0. The van der Waals surface area contributed by atoms with Crippen molar-refractivity contribution in [1.82, 2.24) is 9.13 Å². The first-order valence-corrected chi connectivity index (χ1v) is 16.4. The minimum atomic E-state index is 1.15. The average molecular weight is 613 g/mol. The van der Waals surface area contributed by atoms with E-state index in [1.54, 1.807) is 0 Å². The third-order valence-electron chi connectivity index (χ3n) is 9.32. The third-order valence-corrected chi connectivity index (χ3v) is 9.32. The summed E-state index contributed by atoms with van der Waals surface area (Å²) >= 11 is 0. The first-order chi connectivity index (χ1) is 23.8. The van der Waals surface area contributed by atoms with Gasteiger partial charge in [0, 0.05) is 22.1 Å². The lowest BCUT2D eigenvalue weighted by molar-refractivity contribution is 1.13.